The smallest absolute Gasteiger partial charge is 0.0950 e. The fourth-order valence-corrected chi connectivity index (χ4v) is 1.97. The van der Waals surface area contributed by atoms with Crippen LogP contribution in [0.15, 0.2) is 28.7 Å². The van der Waals surface area contributed by atoms with Crippen LogP contribution in [-0.2, 0) is 4.74 Å². The van der Waals surface area contributed by atoms with Crippen LogP contribution in [0, 0.1) is 0 Å². The zero-order valence-electron chi connectivity index (χ0n) is 9.95. The van der Waals surface area contributed by atoms with E-state index >= 15 is 0 Å². The van der Waals surface area contributed by atoms with Crippen LogP contribution in [0.2, 0.25) is 0 Å². The third kappa shape index (κ3) is 4.24. The van der Waals surface area contributed by atoms with Crippen molar-refractivity contribution in [3.05, 3.63) is 34.3 Å². The van der Waals surface area contributed by atoms with Gasteiger partial charge >= 0.3 is 0 Å². The van der Waals surface area contributed by atoms with E-state index in [0.29, 0.717) is 6.54 Å². The highest BCUT2D eigenvalue weighted by molar-refractivity contribution is 9.10. The number of ether oxygens (including phenoxy) is 1. The summed E-state index contributed by atoms with van der Waals surface area (Å²) in [5, 5.41) is 0. The van der Waals surface area contributed by atoms with Crippen LogP contribution in [0.1, 0.15) is 38.4 Å². The summed E-state index contributed by atoms with van der Waals surface area (Å²) in [6.45, 7) is 4.79. The first kappa shape index (κ1) is 13.7. The molecule has 0 amide bonds. The zero-order valence-corrected chi connectivity index (χ0v) is 11.5. The van der Waals surface area contributed by atoms with Gasteiger partial charge in [0.05, 0.1) is 12.2 Å². The van der Waals surface area contributed by atoms with E-state index in [1.165, 1.54) is 0 Å². The first-order valence-electron chi connectivity index (χ1n) is 5.78. The second kappa shape index (κ2) is 7.05. The van der Waals surface area contributed by atoms with E-state index in [9.17, 15) is 0 Å². The molecule has 3 heteroatoms. The quantitative estimate of drug-likeness (QED) is 0.866. The fourth-order valence-electron chi connectivity index (χ4n) is 1.70. The van der Waals surface area contributed by atoms with Crippen molar-refractivity contribution >= 4 is 15.9 Å². The Morgan fingerprint density at radius 2 is 1.94 bits per heavy atom. The number of hydrogen-bond donors (Lipinski definition) is 1. The summed E-state index contributed by atoms with van der Waals surface area (Å²) in [6.07, 6.45) is 2.49. The van der Waals surface area contributed by atoms with Gasteiger partial charge in [-0.15, -0.1) is 0 Å². The number of hydrogen-bond acceptors (Lipinski definition) is 2. The highest BCUT2D eigenvalue weighted by atomic mass is 79.9. The minimum absolute atomic E-state index is 0.00894. The highest BCUT2D eigenvalue weighted by Crippen LogP contribution is 2.21. The summed E-state index contributed by atoms with van der Waals surface area (Å²) in [7, 11) is 0. The van der Waals surface area contributed by atoms with Crippen molar-refractivity contribution in [3.63, 3.8) is 0 Å². The lowest BCUT2D eigenvalue weighted by atomic mass is 10.1. The molecule has 0 aliphatic heterocycles. The first-order valence-corrected chi connectivity index (χ1v) is 6.57. The van der Waals surface area contributed by atoms with Crippen LogP contribution in [0.25, 0.3) is 0 Å². The van der Waals surface area contributed by atoms with E-state index in [0.717, 1.165) is 22.9 Å². The number of benzene rings is 1. The Kier molecular flexibility index (Phi) is 6.03. The SMILES string of the molecule is CCCC(C)OC(CN)c1ccc(Br)cc1. The van der Waals surface area contributed by atoms with Crippen LogP contribution >= 0.6 is 15.9 Å². The molecule has 90 valence electrons. The maximum atomic E-state index is 5.93. The van der Waals surface area contributed by atoms with Crippen LogP contribution < -0.4 is 5.73 Å². The monoisotopic (exact) mass is 285 g/mol. The second-order valence-corrected chi connectivity index (χ2v) is 4.93. The minimum atomic E-state index is 0.00894. The molecule has 2 nitrogen and oxygen atoms in total. The topological polar surface area (TPSA) is 35.2 Å². The third-order valence-electron chi connectivity index (χ3n) is 2.55. The lowest BCUT2D eigenvalue weighted by Gasteiger charge is -2.21. The van der Waals surface area contributed by atoms with Crippen LogP contribution in [0.4, 0.5) is 0 Å². The maximum Gasteiger partial charge on any atom is 0.0950 e. The summed E-state index contributed by atoms with van der Waals surface area (Å²) in [6, 6.07) is 8.15. The molecule has 0 aliphatic carbocycles. The summed E-state index contributed by atoms with van der Waals surface area (Å²) in [5.41, 5.74) is 6.90. The molecule has 0 spiro atoms. The molecule has 2 N–H and O–H groups in total. The average molecular weight is 286 g/mol. The van der Waals surface area contributed by atoms with Crippen LogP contribution in [0.5, 0.6) is 0 Å². The van der Waals surface area contributed by atoms with Crippen LogP contribution in [-0.4, -0.2) is 12.6 Å². The molecule has 2 atom stereocenters. The van der Waals surface area contributed by atoms with E-state index in [1.54, 1.807) is 0 Å². The number of rotatable bonds is 6. The molecule has 0 fully saturated rings. The lowest BCUT2D eigenvalue weighted by molar-refractivity contribution is -0.00283. The molecule has 1 rings (SSSR count). The van der Waals surface area contributed by atoms with Gasteiger partial charge in [-0.05, 0) is 31.0 Å². The minimum Gasteiger partial charge on any atom is -0.369 e. The van der Waals surface area contributed by atoms with E-state index in [-0.39, 0.29) is 12.2 Å². The van der Waals surface area contributed by atoms with Crippen molar-refractivity contribution in [1.29, 1.82) is 0 Å². The molecular formula is C13H20BrNO. The van der Waals surface area contributed by atoms with E-state index in [2.05, 4.69) is 41.9 Å². The Labute approximate surface area is 106 Å². The predicted octanol–water partition coefficient (Wildman–Crippen LogP) is 3.65. The normalized spacial score (nSPS) is 14.8. The predicted molar refractivity (Wildman–Crippen MR) is 71.4 cm³/mol. The van der Waals surface area contributed by atoms with Gasteiger partial charge in [-0.3, -0.25) is 0 Å². The molecule has 2 unspecified atom stereocenters. The fraction of sp³-hybridized carbons (Fsp3) is 0.538. The molecule has 1 aromatic rings. The van der Waals surface area contributed by atoms with Gasteiger partial charge in [0, 0.05) is 11.0 Å². The Morgan fingerprint density at radius 1 is 1.31 bits per heavy atom. The zero-order chi connectivity index (χ0) is 12.0. The summed E-state index contributed by atoms with van der Waals surface area (Å²) < 4.78 is 7.00. The number of nitrogens with two attached hydrogens (primary N) is 1. The maximum absolute atomic E-state index is 5.93. The summed E-state index contributed by atoms with van der Waals surface area (Å²) in [5.74, 6) is 0. The molecule has 0 saturated heterocycles. The molecule has 1 aromatic carbocycles. The lowest BCUT2D eigenvalue weighted by Crippen LogP contribution is -2.20. The van der Waals surface area contributed by atoms with Crippen molar-refractivity contribution in [2.45, 2.75) is 38.9 Å². The standard InChI is InChI=1S/C13H20BrNO/c1-3-4-10(2)16-13(9-15)11-5-7-12(14)8-6-11/h5-8,10,13H,3-4,9,15H2,1-2H3. The van der Waals surface area contributed by atoms with Crippen molar-refractivity contribution < 1.29 is 4.74 Å². The summed E-state index contributed by atoms with van der Waals surface area (Å²) >= 11 is 3.42. The van der Waals surface area contributed by atoms with E-state index in [1.807, 2.05) is 12.1 Å². The van der Waals surface area contributed by atoms with Crippen molar-refractivity contribution in [2.24, 2.45) is 5.73 Å². The molecule has 0 aromatic heterocycles. The van der Waals surface area contributed by atoms with Crippen LogP contribution in [0.3, 0.4) is 0 Å². The van der Waals surface area contributed by atoms with Crippen molar-refractivity contribution in [2.75, 3.05) is 6.54 Å². The molecule has 0 heterocycles. The second-order valence-electron chi connectivity index (χ2n) is 4.01. The Balaban J connectivity index is 2.63. The van der Waals surface area contributed by atoms with Gasteiger partial charge in [0.25, 0.3) is 0 Å². The Hall–Kier alpha value is -0.380. The van der Waals surface area contributed by atoms with E-state index < -0.39 is 0 Å². The Morgan fingerprint density at radius 3 is 2.44 bits per heavy atom. The van der Waals surface area contributed by atoms with Gasteiger partial charge in [0.2, 0.25) is 0 Å². The van der Waals surface area contributed by atoms with E-state index in [4.69, 9.17) is 10.5 Å². The molecule has 0 radical (unpaired) electrons. The third-order valence-corrected chi connectivity index (χ3v) is 3.08. The molecule has 0 saturated carbocycles. The van der Waals surface area contributed by atoms with Gasteiger partial charge in [-0.2, -0.15) is 0 Å². The summed E-state index contributed by atoms with van der Waals surface area (Å²) in [4.78, 5) is 0. The Bertz CT molecular complexity index is 299. The molecule has 16 heavy (non-hydrogen) atoms. The van der Waals surface area contributed by atoms with Crippen molar-refractivity contribution in [3.8, 4) is 0 Å². The first-order chi connectivity index (χ1) is 7.67. The van der Waals surface area contributed by atoms with Gasteiger partial charge in [0.1, 0.15) is 0 Å². The van der Waals surface area contributed by atoms with Gasteiger partial charge in [-0.1, -0.05) is 41.4 Å². The van der Waals surface area contributed by atoms with Gasteiger partial charge in [0.15, 0.2) is 0 Å². The van der Waals surface area contributed by atoms with Gasteiger partial charge < -0.3 is 10.5 Å². The largest absolute Gasteiger partial charge is 0.369 e. The molecule has 0 bridgehead atoms. The number of halogens is 1. The highest BCUT2D eigenvalue weighted by Gasteiger charge is 2.13. The van der Waals surface area contributed by atoms with Gasteiger partial charge in [-0.25, -0.2) is 0 Å². The van der Waals surface area contributed by atoms with Crippen molar-refractivity contribution in [1.82, 2.24) is 0 Å². The molecule has 0 aliphatic rings. The molecular weight excluding hydrogens is 266 g/mol. The average Bonchev–Trinajstić information content (AvgIpc) is 2.27.